The maximum Gasteiger partial charge on any atom is 0.119 e. The Kier molecular flexibility index (Phi) is 3.47. The van der Waals surface area contributed by atoms with Crippen molar-refractivity contribution >= 4 is 10.9 Å². The number of ether oxygens (including phenoxy) is 1. The van der Waals surface area contributed by atoms with E-state index in [1.54, 1.807) is 7.11 Å². The molecule has 0 aliphatic heterocycles. The fraction of sp³-hybridized carbons (Fsp3) is 0.500. The van der Waals surface area contributed by atoms with Crippen molar-refractivity contribution in [3.8, 4) is 5.75 Å². The zero-order chi connectivity index (χ0) is 13.2. The van der Waals surface area contributed by atoms with Crippen LogP contribution in [0.25, 0.3) is 10.9 Å². The molecule has 0 saturated carbocycles. The van der Waals surface area contributed by atoms with E-state index in [-0.39, 0.29) is 0 Å². The van der Waals surface area contributed by atoms with Crippen molar-refractivity contribution in [2.75, 3.05) is 13.7 Å². The van der Waals surface area contributed by atoms with E-state index < -0.39 is 0 Å². The number of aromatic nitrogens is 1. The lowest BCUT2D eigenvalue weighted by atomic mass is 10.0. The molecule has 19 heavy (non-hydrogen) atoms. The molecule has 1 heterocycles. The minimum Gasteiger partial charge on any atom is -0.497 e. The van der Waals surface area contributed by atoms with E-state index in [0.29, 0.717) is 6.04 Å². The summed E-state index contributed by atoms with van der Waals surface area (Å²) in [7, 11) is 1.73. The van der Waals surface area contributed by atoms with Gasteiger partial charge in [0.2, 0.25) is 0 Å². The summed E-state index contributed by atoms with van der Waals surface area (Å²) < 4.78 is 5.37. The molecular weight excluding hydrogens is 236 g/mol. The Hall–Kier alpha value is -1.48. The van der Waals surface area contributed by atoms with Gasteiger partial charge >= 0.3 is 0 Å². The molecule has 0 fully saturated rings. The summed E-state index contributed by atoms with van der Waals surface area (Å²) in [5.41, 5.74) is 4.11. The summed E-state index contributed by atoms with van der Waals surface area (Å²) in [6.45, 7) is 3.20. The molecule has 3 heteroatoms. The topological polar surface area (TPSA) is 37.0 Å². The Morgan fingerprint density at radius 2 is 2.26 bits per heavy atom. The number of methoxy groups -OCH3 is 1. The first-order valence-electron chi connectivity index (χ1n) is 7.25. The third-order valence-electron chi connectivity index (χ3n) is 4.10. The van der Waals surface area contributed by atoms with Gasteiger partial charge in [-0.05, 0) is 49.6 Å². The van der Waals surface area contributed by atoms with Gasteiger partial charge in [0, 0.05) is 22.6 Å². The molecule has 0 radical (unpaired) electrons. The highest BCUT2D eigenvalue weighted by Gasteiger charge is 2.22. The number of H-pyrrole nitrogens is 1. The molecule has 102 valence electrons. The summed E-state index contributed by atoms with van der Waals surface area (Å²) in [6.07, 6.45) is 4.96. The normalized spacial score (nSPS) is 19.2. The second-order valence-electron chi connectivity index (χ2n) is 5.28. The van der Waals surface area contributed by atoms with Crippen LogP contribution in [0.1, 0.15) is 43.5 Å². The Bertz CT molecular complexity index is 573. The van der Waals surface area contributed by atoms with E-state index in [4.69, 9.17) is 4.74 Å². The molecule has 3 rings (SSSR count). The van der Waals surface area contributed by atoms with Gasteiger partial charge in [0.25, 0.3) is 0 Å². The van der Waals surface area contributed by atoms with Crippen molar-refractivity contribution in [2.45, 2.75) is 38.6 Å². The first-order valence-corrected chi connectivity index (χ1v) is 7.25. The third-order valence-corrected chi connectivity index (χ3v) is 4.10. The number of fused-ring (bicyclic) bond motifs is 3. The molecule has 1 aliphatic carbocycles. The van der Waals surface area contributed by atoms with E-state index in [1.807, 2.05) is 6.07 Å². The van der Waals surface area contributed by atoms with Crippen molar-refractivity contribution in [3.05, 3.63) is 29.5 Å². The zero-order valence-corrected chi connectivity index (χ0v) is 11.8. The standard InChI is InChI=1S/C16H22N2O/c1-3-17-14-6-4-5-7-15-16(14)12-10-11(19-2)8-9-13(12)18-15/h8-10,14,17-18H,3-7H2,1-2H3. The molecule has 0 spiro atoms. The number of aromatic amines is 1. The number of aryl methyl sites for hydroxylation is 1. The molecule has 1 atom stereocenters. The van der Waals surface area contributed by atoms with E-state index in [9.17, 15) is 0 Å². The molecular formula is C16H22N2O. The lowest BCUT2D eigenvalue weighted by Crippen LogP contribution is -2.20. The monoisotopic (exact) mass is 258 g/mol. The Morgan fingerprint density at radius 3 is 3.05 bits per heavy atom. The zero-order valence-electron chi connectivity index (χ0n) is 11.8. The number of benzene rings is 1. The molecule has 3 nitrogen and oxygen atoms in total. The van der Waals surface area contributed by atoms with Gasteiger partial charge in [-0.15, -0.1) is 0 Å². The van der Waals surface area contributed by atoms with Gasteiger partial charge < -0.3 is 15.0 Å². The maximum atomic E-state index is 5.37. The quantitative estimate of drug-likeness (QED) is 0.826. The first-order chi connectivity index (χ1) is 9.33. The van der Waals surface area contributed by atoms with Gasteiger partial charge in [0.05, 0.1) is 7.11 Å². The SMILES string of the molecule is CCNC1CCCCc2[nH]c3ccc(OC)cc3c21. The van der Waals surface area contributed by atoms with Crippen LogP contribution >= 0.6 is 0 Å². The predicted molar refractivity (Wildman–Crippen MR) is 78.8 cm³/mol. The number of hydrogen-bond acceptors (Lipinski definition) is 2. The third kappa shape index (κ3) is 2.23. The lowest BCUT2D eigenvalue weighted by Gasteiger charge is -2.17. The van der Waals surface area contributed by atoms with Gasteiger partial charge in [-0.1, -0.05) is 13.3 Å². The highest BCUT2D eigenvalue weighted by molar-refractivity contribution is 5.86. The van der Waals surface area contributed by atoms with Crippen molar-refractivity contribution in [3.63, 3.8) is 0 Å². The van der Waals surface area contributed by atoms with Gasteiger partial charge in [-0.25, -0.2) is 0 Å². The molecule has 1 unspecified atom stereocenters. The molecule has 1 aliphatic rings. The van der Waals surface area contributed by atoms with Crippen LogP contribution in [-0.4, -0.2) is 18.6 Å². The lowest BCUT2D eigenvalue weighted by molar-refractivity contribution is 0.415. The fourth-order valence-electron chi connectivity index (χ4n) is 3.21. The van der Waals surface area contributed by atoms with E-state index in [2.05, 4.69) is 29.4 Å². The first kappa shape index (κ1) is 12.5. The second-order valence-corrected chi connectivity index (χ2v) is 5.28. The summed E-state index contributed by atoms with van der Waals surface area (Å²) in [5.74, 6) is 0.939. The molecule has 1 aromatic carbocycles. The van der Waals surface area contributed by atoms with Crippen molar-refractivity contribution in [1.29, 1.82) is 0 Å². The fourth-order valence-corrected chi connectivity index (χ4v) is 3.21. The molecule has 2 aromatic rings. The predicted octanol–water partition coefficient (Wildman–Crippen LogP) is 3.55. The van der Waals surface area contributed by atoms with E-state index in [0.717, 1.165) is 18.7 Å². The Labute approximate surface area is 114 Å². The number of nitrogens with one attached hydrogen (secondary N) is 2. The molecule has 0 amide bonds. The van der Waals surface area contributed by atoms with Crippen molar-refractivity contribution < 1.29 is 4.74 Å². The largest absolute Gasteiger partial charge is 0.497 e. The Morgan fingerprint density at radius 1 is 1.37 bits per heavy atom. The van der Waals surface area contributed by atoms with E-state index >= 15 is 0 Å². The molecule has 1 aromatic heterocycles. The minimum absolute atomic E-state index is 0.475. The summed E-state index contributed by atoms with van der Waals surface area (Å²) in [6, 6.07) is 6.80. The average Bonchev–Trinajstić information content (AvgIpc) is 2.68. The highest BCUT2D eigenvalue weighted by atomic mass is 16.5. The van der Waals surface area contributed by atoms with Crippen LogP contribution in [0.5, 0.6) is 5.75 Å². The molecule has 2 N–H and O–H groups in total. The van der Waals surface area contributed by atoms with Crippen LogP contribution in [0.15, 0.2) is 18.2 Å². The minimum atomic E-state index is 0.475. The van der Waals surface area contributed by atoms with Gasteiger partial charge in [0.1, 0.15) is 5.75 Å². The van der Waals surface area contributed by atoms with Crippen LogP contribution in [-0.2, 0) is 6.42 Å². The van der Waals surface area contributed by atoms with E-state index in [1.165, 1.54) is 41.4 Å². The summed E-state index contributed by atoms with van der Waals surface area (Å²) >= 11 is 0. The van der Waals surface area contributed by atoms with Gasteiger partial charge in [-0.3, -0.25) is 0 Å². The van der Waals surface area contributed by atoms with Crippen molar-refractivity contribution in [1.82, 2.24) is 10.3 Å². The van der Waals surface area contributed by atoms with Crippen LogP contribution < -0.4 is 10.1 Å². The summed E-state index contributed by atoms with van der Waals surface area (Å²) in [4.78, 5) is 3.60. The maximum absolute atomic E-state index is 5.37. The van der Waals surface area contributed by atoms with Crippen LogP contribution in [0.3, 0.4) is 0 Å². The van der Waals surface area contributed by atoms with Crippen LogP contribution in [0, 0.1) is 0 Å². The van der Waals surface area contributed by atoms with Gasteiger partial charge in [-0.2, -0.15) is 0 Å². The summed E-state index contributed by atoms with van der Waals surface area (Å²) in [5, 5.41) is 4.96. The molecule has 0 saturated heterocycles. The van der Waals surface area contributed by atoms with Crippen LogP contribution in [0.2, 0.25) is 0 Å². The Balaban J connectivity index is 2.15. The smallest absolute Gasteiger partial charge is 0.119 e. The second kappa shape index (κ2) is 5.25. The van der Waals surface area contributed by atoms with Gasteiger partial charge in [0.15, 0.2) is 0 Å². The number of hydrogen-bond donors (Lipinski definition) is 2. The van der Waals surface area contributed by atoms with Crippen molar-refractivity contribution in [2.24, 2.45) is 0 Å². The molecule has 0 bridgehead atoms. The average molecular weight is 258 g/mol. The highest BCUT2D eigenvalue weighted by Crippen LogP contribution is 2.36. The number of rotatable bonds is 3. The van der Waals surface area contributed by atoms with Crippen LogP contribution in [0.4, 0.5) is 0 Å².